The Balaban J connectivity index is 2.57. The quantitative estimate of drug-likeness (QED) is 0.780. The molecule has 21 heavy (non-hydrogen) atoms. The van der Waals surface area contributed by atoms with Gasteiger partial charge in [-0.05, 0) is 25.5 Å². The summed E-state index contributed by atoms with van der Waals surface area (Å²) in [7, 11) is -1.79. The number of nitriles is 1. The van der Waals surface area contributed by atoms with Gasteiger partial charge in [0.05, 0.1) is 17.4 Å². The zero-order chi connectivity index (χ0) is 16.0. The van der Waals surface area contributed by atoms with Crippen LogP contribution in [0.1, 0.15) is 18.9 Å². The molecule has 0 unspecified atom stereocenters. The van der Waals surface area contributed by atoms with Gasteiger partial charge in [-0.25, -0.2) is 21.5 Å². The van der Waals surface area contributed by atoms with E-state index in [1.165, 1.54) is 11.4 Å². The Bertz CT molecular complexity index is 618. The molecule has 116 valence electrons. The number of anilines is 1. The van der Waals surface area contributed by atoms with Crippen LogP contribution in [0.25, 0.3) is 0 Å². The Morgan fingerprint density at radius 1 is 1.33 bits per heavy atom. The lowest BCUT2D eigenvalue weighted by Crippen LogP contribution is -2.30. The zero-order valence-corrected chi connectivity index (χ0v) is 12.7. The molecule has 0 spiro atoms. The summed E-state index contributed by atoms with van der Waals surface area (Å²) >= 11 is 0. The Kier molecular flexibility index (Phi) is 6.05. The second-order valence-corrected chi connectivity index (χ2v) is 6.79. The lowest BCUT2D eigenvalue weighted by molar-refractivity contribution is 0.466. The summed E-state index contributed by atoms with van der Waals surface area (Å²) in [5.74, 6) is -1.68. The van der Waals surface area contributed by atoms with Gasteiger partial charge in [0.15, 0.2) is 11.6 Å². The maximum Gasteiger partial charge on any atom is 0.213 e. The van der Waals surface area contributed by atoms with Crippen molar-refractivity contribution in [3.05, 3.63) is 29.3 Å². The molecule has 1 rings (SSSR count). The van der Waals surface area contributed by atoms with Crippen LogP contribution in [0.5, 0.6) is 0 Å². The van der Waals surface area contributed by atoms with Crippen molar-refractivity contribution in [2.24, 2.45) is 0 Å². The van der Waals surface area contributed by atoms with Gasteiger partial charge >= 0.3 is 0 Å². The topological polar surface area (TPSA) is 73.2 Å². The van der Waals surface area contributed by atoms with E-state index in [2.05, 4.69) is 5.32 Å². The monoisotopic (exact) mass is 317 g/mol. The number of rotatable bonds is 7. The summed E-state index contributed by atoms with van der Waals surface area (Å²) in [6.45, 7) is 2.01. The van der Waals surface area contributed by atoms with E-state index in [0.29, 0.717) is 6.42 Å². The van der Waals surface area contributed by atoms with E-state index in [4.69, 9.17) is 5.26 Å². The number of hydrogen-bond acceptors (Lipinski definition) is 4. The van der Waals surface area contributed by atoms with Crippen LogP contribution in [0, 0.1) is 23.0 Å². The highest BCUT2D eigenvalue weighted by atomic mass is 32.2. The molecule has 0 aliphatic heterocycles. The zero-order valence-electron chi connectivity index (χ0n) is 11.9. The molecular formula is C13H17F2N3O2S. The summed E-state index contributed by atoms with van der Waals surface area (Å²) in [6, 6.07) is 3.55. The SMILES string of the molecule is CCS(=O)(=O)N(C)CCCNc1c(F)cc(C#N)cc1F. The molecule has 5 nitrogen and oxygen atoms in total. The first kappa shape index (κ1) is 17.3. The third kappa shape index (κ3) is 4.65. The highest BCUT2D eigenvalue weighted by molar-refractivity contribution is 7.89. The van der Waals surface area contributed by atoms with Crippen molar-refractivity contribution in [2.45, 2.75) is 13.3 Å². The molecule has 8 heteroatoms. The number of halogens is 2. The van der Waals surface area contributed by atoms with Crippen LogP contribution >= 0.6 is 0 Å². The molecule has 0 radical (unpaired) electrons. The van der Waals surface area contributed by atoms with Gasteiger partial charge in [0.25, 0.3) is 0 Å². The smallest absolute Gasteiger partial charge is 0.213 e. The molecule has 0 saturated heterocycles. The Morgan fingerprint density at radius 3 is 2.38 bits per heavy atom. The minimum absolute atomic E-state index is 0.00973. The standard InChI is InChI=1S/C13H17F2N3O2S/c1-3-21(19,20)18(2)6-4-5-17-13-11(14)7-10(9-16)8-12(13)15/h7-8,17H,3-6H2,1-2H3. The van der Waals surface area contributed by atoms with Crippen LogP contribution in [0.15, 0.2) is 12.1 Å². The van der Waals surface area contributed by atoms with Crippen molar-refractivity contribution in [1.29, 1.82) is 5.26 Å². The van der Waals surface area contributed by atoms with Crippen molar-refractivity contribution >= 4 is 15.7 Å². The highest BCUT2D eigenvalue weighted by Crippen LogP contribution is 2.20. The van der Waals surface area contributed by atoms with E-state index in [1.807, 2.05) is 0 Å². The van der Waals surface area contributed by atoms with E-state index >= 15 is 0 Å². The first-order valence-corrected chi connectivity index (χ1v) is 7.99. The summed E-state index contributed by atoms with van der Waals surface area (Å²) < 4.78 is 51.3. The average molecular weight is 317 g/mol. The van der Waals surface area contributed by atoms with Crippen LogP contribution in [0.3, 0.4) is 0 Å². The molecule has 0 atom stereocenters. The third-order valence-corrected chi connectivity index (χ3v) is 4.82. The minimum atomic E-state index is -3.25. The number of benzene rings is 1. The van der Waals surface area contributed by atoms with Gasteiger partial charge in [0.2, 0.25) is 10.0 Å². The number of sulfonamides is 1. The molecule has 1 N–H and O–H groups in total. The number of nitrogens with zero attached hydrogens (tertiary/aromatic N) is 2. The van der Waals surface area contributed by atoms with Crippen LogP contribution in [-0.2, 0) is 10.0 Å². The maximum atomic E-state index is 13.6. The molecule has 0 aromatic heterocycles. The predicted molar refractivity (Wildman–Crippen MR) is 76.3 cm³/mol. The molecular weight excluding hydrogens is 300 g/mol. The van der Waals surface area contributed by atoms with Gasteiger partial charge in [0.1, 0.15) is 5.69 Å². The predicted octanol–water partition coefficient (Wildman–Crippen LogP) is 1.92. The lowest BCUT2D eigenvalue weighted by atomic mass is 10.2. The minimum Gasteiger partial charge on any atom is -0.380 e. The van der Waals surface area contributed by atoms with Crippen LogP contribution in [-0.4, -0.2) is 38.6 Å². The van der Waals surface area contributed by atoms with Gasteiger partial charge < -0.3 is 5.32 Å². The number of nitrogens with one attached hydrogen (secondary N) is 1. The largest absolute Gasteiger partial charge is 0.380 e. The number of hydrogen-bond donors (Lipinski definition) is 1. The van der Waals surface area contributed by atoms with Gasteiger partial charge in [-0.15, -0.1) is 0 Å². The van der Waals surface area contributed by atoms with E-state index in [9.17, 15) is 17.2 Å². The van der Waals surface area contributed by atoms with Gasteiger partial charge in [0, 0.05) is 20.1 Å². The van der Waals surface area contributed by atoms with Gasteiger partial charge in [-0.1, -0.05) is 0 Å². The summed E-state index contributed by atoms with van der Waals surface area (Å²) in [6.07, 6.45) is 0.397. The van der Waals surface area contributed by atoms with Crippen LogP contribution in [0.2, 0.25) is 0 Å². The van der Waals surface area contributed by atoms with Crippen molar-refractivity contribution < 1.29 is 17.2 Å². The molecule has 1 aromatic rings. The molecule has 0 saturated carbocycles. The lowest BCUT2D eigenvalue weighted by Gasteiger charge is -2.16. The second kappa shape index (κ2) is 7.33. The molecule has 0 bridgehead atoms. The second-order valence-electron chi connectivity index (χ2n) is 4.43. The van der Waals surface area contributed by atoms with E-state index < -0.39 is 21.7 Å². The fourth-order valence-electron chi connectivity index (χ4n) is 1.68. The van der Waals surface area contributed by atoms with Crippen molar-refractivity contribution in [1.82, 2.24) is 4.31 Å². The van der Waals surface area contributed by atoms with Crippen molar-refractivity contribution in [2.75, 3.05) is 31.2 Å². The fourth-order valence-corrected chi connectivity index (χ4v) is 2.53. The average Bonchev–Trinajstić information content (AvgIpc) is 2.44. The van der Waals surface area contributed by atoms with E-state index in [-0.39, 0.29) is 30.1 Å². The molecule has 0 fully saturated rings. The fraction of sp³-hybridized carbons (Fsp3) is 0.462. The normalized spacial score (nSPS) is 11.4. The summed E-state index contributed by atoms with van der Waals surface area (Å²) in [4.78, 5) is 0. The van der Waals surface area contributed by atoms with E-state index in [0.717, 1.165) is 12.1 Å². The van der Waals surface area contributed by atoms with Crippen molar-refractivity contribution in [3.8, 4) is 6.07 Å². The van der Waals surface area contributed by atoms with Crippen LogP contribution < -0.4 is 5.32 Å². The van der Waals surface area contributed by atoms with Gasteiger partial charge in [-0.3, -0.25) is 0 Å². The first-order chi connectivity index (χ1) is 9.81. The molecule has 0 amide bonds. The Labute approximate surface area is 123 Å². The Hall–Kier alpha value is -1.72. The summed E-state index contributed by atoms with van der Waals surface area (Å²) in [5.41, 5.74) is -0.403. The first-order valence-electron chi connectivity index (χ1n) is 6.38. The molecule has 1 aromatic carbocycles. The van der Waals surface area contributed by atoms with Gasteiger partial charge in [-0.2, -0.15) is 5.26 Å². The molecule has 0 heterocycles. The maximum absolute atomic E-state index is 13.6. The highest BCUT2D eigenvalue weighted by Gasteiger charge is 2.15. The summed E-state index contributed by atoms with van der Waals surface area (Å²) in [5, 5.41) is 11.2. The molecule has 0 aliphatic rings. The molecule has 0 aliphatic carbocycles. The Morgan fingerprint density at radius 2 is 1.90 bits per heavy atom. The third-order valence-electron chi connectivity index (χ3n) is 2.96. The van der Waals surface area contributed by atoms with Crippen LogP contribution in [0.4, 0.5) is 14.5 Å². The van der Waals surface area contributed by atoms with E-state index in [1.54, 1.807) is 13.0 Å². The van der Waals surface area contributed by atoms with Crippen molar-refractivity contribution in [3.63, 3.8) is 0 Å².